The molecular weight excluding hydrogens is 230 g/mol. The van der Waals surface area contributed by atoms with Crippen LogP contribution in [0.2, 0.25) is 5.02 Å². The standard InChI is InChI=1S/C11H12ClNO3/c1-2-3-4-7-16-9-5-6-11(13(14)15)10(12)8-9/h2,5-6,8H,1,3-4,7H2. The van der Waals surface area contributed by atoms with Crippen LogP contribution in [0.4, 0.5) is 5.69 Å². The van der Waals surface area contributed by atoms with Crippen LogP contribution in [0.3, 0.4) is 0 Å². The van der Waals surface area contributed by atoms with Crippen LogP contribution in [0.1, 0.15) is 12.8 Å². The Morgan fingerprint density at radius 3 is 2.88 bits per heavy atom. The highest BCUT2D eigenvalue weighted by atomic mass is 35.5. The fourth-order valence-corrected chi connectivity index (χ4v) is 1.38. The van der Waals surface area contributed by atoms with Crippen molar-refractivity contribution in [3.05, 3.63) is 46.0 Å². The molecule has 0 atom stereocenters. The van der Waals surface area contributed by atoms with Crippen molar-refractivity contribution in [2.24, 2.45) is 0 Å². The van der Waals surface area contributed by atoms with Crippen molar-refractivity contribution in [2.45, 2.75) is 12.8 Å². The smallest absolute Gasteiger partial charge is 0.288 e. The maximum atomic E-state index is 10.5. The van der Waals surface area contributed by atoms with Gasteiger partial charge in [-0.15, -0.1) is 6.58 Å². The quantitative estimate of drug-likeness (QED) is 0.331. The van der Waals surface area contributed by atoms with Crippen molar-refractivity contribution in [3.8, 4) is 5.75 Å². The molecule has 0 fully saturated rings. The summed E-state index contributed by atoms with van der Waals surface area (Å²) in [5, 5.41) is 10.6. The maximum absolute atomic E-state index is 10.5. The minimum atomic E-state index is -0.524. The van der Waals surface area contributed by atoms with Gasteiger partial charge in [-0.2, -0.15) is 0 Å². The molecule has 0 aliphatic carbocycles. The van der Waals surface area contributed by atoms with E-state index in [0.717, 1.165) is 12.8 Å². The van der Waals surface area contributed by atoms with Crippen LogP contribution in [0, 0.1) is 10.1 Å². The van der Waals surface area contributed by atoms with Gasteiger partial charge in [0, 0.05) is 12.1 Å². The van der Waals surface area contributed by atoms with Gasteiger partial charge < -0.3 is 4.74 Å². The van der Waals surface area contributed by atoms with Crippen LogP contribution in [0.25, 0.3) is 0 Å². The van der Waals surface area contributed by atoms with Gasteiger partial charge in [0.15, 0.2) is 0 Å². The first kappa shape index (κ1) is 12.5. The average Bonchev–Trinajstić information content (AvgIpc) is 2.24. The normalized spacial score (nSPS) is 9.81. The van der Waals surface area contributed by atoms with Gasteiger partial charge in [0.1, 0.15) is 10.8 Å². The lowest BCUT2D eigenvalue weighted by atomic mass is 10.3. The van der Waals surface area contributed by atoms with Crippen molar-refractivity contribution in [1.29, 1.82) is 0 Å². The topological polar surface area (TPSA) is 52.4 Å². The van der Waals surface area contributed by atoms with Crippen molar-refractivity contribution in [3.63, 3.8) is 0 Å². The number of benzene rings is 1. The number of nitro benzene ring substituents is 1. The maximum Gasteiger partial charge on any atom is 0.288 e. The highest BCUT2D eigenvalue weighted by molar-refractivity contribution is 6.32. The summed E-state index contributed by atoms with van der Waals surface area (Å²) < 4.78 is 5.37. The molecule has 1 aromatic rings. The second-order valence-electron chi connectivity index (χ2n) is 3.15. The van der Waals surface area contributed by atoms with Gasteiger partial charge >= 0.3 is 0 Å². The van der Waals surface area contributed by atoms with Gasteiger partial charge in [-0.25, -0.2) is 0 Å². The monoisotopic (exact) mass is 241 g/mol. The Hall–Kier alpha value is -1.55. The Morgan fingerprint density at radius 2 is 2.31 bits per heavy atom. The molecule has 0 heterocycles. The molecule has 4 nitrogen and oxygen atoms in total. The molecule has 0 radical (unpaired) electrons. The summed E-state index contributed by atoms with van der Waals surface area (Å²) in [7, 11) is 0. The Morgan fingerprint density at radius 1 is 1.56 bits per heavy atom. The van der Waals surface area contributed by atoms with Crippen LogP contribution in [-0.2, 0) is 0 Å². The highest BCUT2D eigenvalue weighted by Gasteiger charge is 2.12. The van der Waals surface area contributed by atoms with Crippen molar-refractivity contribution in [1.82, 2.24) is 0 Å². The van der Waals surface area contributed by atoms with E-state index >= 15 is 0 Å². The zero-order chi connectivity index (χ0) is 12.0. The van der Waals surface area contributed by atoms with Gasteiger partial charge in [-0.3, -0.25) is 10.1 Å². The van der Waals surface area contributed by atoms with E-state index in [4.69, 9.17) is 16.3 Å². The zero-order valence-corrected chi connectivity index (χ0v) is 9.44. The summed E-state index contributed by atoms with van der Waals surface area (Å²) in [5.41, 5.74) is -0.111. The molecule has 0 aliphatic rings. The third-order valence-corrected chi connectivity index (χ3v) is 2.24. The first-order valence-electron chi connectivity index (χ1n) is 4.83. The van der Waals surface area contributed by atoms with E-state index in [9.17, 15) is 10.1 Å². The molecule has 0 aromatic heterocycles. The molecule has 0 spiro atoms. The van der Waals surface area contributed by atoms with Crippen LogP contribution in [0.15, 0.2) is 30.9 Å². The SMILES string of the molecule is C=CCCCOc1ccc([N+](=O)[O-])c(Cl)c1. The van der Waals surface area contributed by atoms with Crippen LogP contribution in [-0.4, -0.2) is 11.5 Å². The molecule has 0 bridgehead atoms. The number of nitro groups is 1. The summed E-state index contributed by atoms with van der Waals surface area (Å²) in [4.78, 5) is 9.98. The van der Waals surface area contributed by atoms with E-state index in [2.05, 4.69) is 6.58 Å². The number of ether oxygens (including phenoxy) is 1. The Bertz CT molecular complexity index is 393. The zero-order valence-electron chi connectivity index (χ0n) is 8.69. The van der Waals surface area contributed by atoms with E-state index < -0.39 is 4.92 Å². The molecule has 0 saturated heterocycles. The van der Waals surface area contributed by atoms with Gasteiger partial charge in [-0.05, 0) is 18.9 Å². The molecule has 0 aliphatic heterocycles. The first-order valence-corrected chi connectivity index (χ1v) is 5.20. The summed E-state index contributed by atoms with van der Waals surface area (Å²) in [6.07, 6.45) is 3.55. The van der Waals surface area contributed by atoms with Crippen molar-refractivity contribution < 1.29 is 9.66 Å². The molecule has 0 saturated carbocycles. The van der Waals surface area contributed by atoms with Crippen molar-refractivity contribution in [2.75, 3.05) is 6.61 Å². The molecule has 0 N–H and O–H groups in total. The number of hydrogen-bond acceptors (Lipinski definition) is 3. The fraction of sp³-hybridized carbons (Fsp3) is 0.273. The molecular formula is C11H12ClNO3. The van der Waals surface area contributed by atoms with Gasteiger partial charge in [0.05, 0.1) is 11.5 Å². The van der Waals surface area contributed by atoms with E-state index in [1.165, 1.54) is 18.2 Å². The molecule has 16 heavy (non-hydrogen) atoms. The fourth-order valence-electron chi connectivity index (χ4n) is 1.14. The number of hydrogen-bond donors (Lipinski definition) is 0. The van der Waals surface area contributed by atoms with E-state index in [0.29, 0.717) is 12.4 Å². The lowest BCUT2D eigenvalue weighted by Gasteiger charge is -2.05. The minimum absolute atomic E-state index is 0.0891. The number of rotatable bonds is 6. The van der Waals surface area contributed by atoms with Crippen LogP contribution in [0.5, 0.6) is 5.75 Å². The Kier molecular flexibility index (Phi) is 4.79. The van der Waals surface area contributed by atoms with E-state index in [1.54, 1.807) is 0 Å². The number of allylic oxidation sites excluding steroid dienone is 1. The summed E-state index contributed by atoms with van der Waals surface area (Å²) in [6, 6.07) is 4.33. The Balaban J connectivity index is 2.59. The van der Waals surface area contributed by atoms with E-state index in [1.807, 2.05) is 6.08 Å². The number of nitrogens with zero attached hydrogens (tertiary/aromatic N) is 1. The van der Waals surface area contributed by atoms with Gasteiger partial charge in [0.25, 0.3) is 5.69 Å². The second-order valence-corrected chi connectivity index (χ2v) is 3.56. The summed E-state index contributed by atoms with van der Waals surface area (Å²) >= 11 is 5.73. The van der Waals surface area contributed by atoms with Crippen LogP contribution < -0.4 is 4.74 Å². The first-order chi connectivity index (χ1) is 7.65. The van der Waals surface area contributed by atoms with Gasteiger partial charge in [-0.1, -0.05) is 17.7 Å². The third kappa shape index (κ3) is 3.55. The molecule has 1 aromatic carbocycles. The minimum Gasteiger partial charge on any atom is -0.494 e. The lowest BCUT2D eigenvalue weighted by Crippen LogP contribution is -1.97. The average molecular weight is 242 g/mol. The molecule has 86 valence electrons. The highest BCUT2D eigenvalue weighted by Crippen LogP contribution is 2.28. The molecule has 1 rings (SSSR count). The molecule has 0 amide bonds. The number of unbranched alkanes of at least 4 members (excludes halogenated alkanes) is 1. The predicted molar refractivity (Wildman–Crippen MR) is 63.0 cm³/mol. The van der Waals surface area contributed by atoms with Crippen molar-refractivity contribution >= 4 is 17.3 Å². The largest absolute Gasteiger partial charge is 0.494 e. The Labute approximate surface area is 98.6 Å². The lowest BCUT2D eigenvalue weighted by molar-refractivity contribution is -0.384. The summed E-state index contributed by atoms with van der Waals surface area (Å²) in [6.45, 7) is 4.14. The number of halogens is 1. The second kappa shape index (κ2) is 6.12. The van der Waals surface area contributed by atoms with Crippen LogP contribution >= 0.6 is 11.6 Å². The summed E-state index contributed by atoms with van der Waals surface area (Å²) in [5.74, 6) is 0.541. The van der Waals surface area contributed by atoms with Gasteiger partial charge in [0.2, 0.25) is 0 Å². The molecule has 5 heteroatoms. The third-order valence-electron chi connectivity index (χ3n) is 1.94. The molecule has 0 unspecified atom stereocenters. The predicted octanol–water partition coefficient (Wildman–Crippen LogP) is 3.59. The van der Waals surface area contributed by atoms with E-state index in [-0.39, 0.29) is 10.7 Å².